The molecule has 0 radical (unpaired) electrons. The molecule has 1 aliphatic heterocycles. The normalized spacial score (nSPS) is 20.1. The number of nitrogens with zero attached hydrogens (tertiary/aromatic N) is 1. The summed E-state index contributed by atoms with van der Waals surface area (Å²) in [5.41, 5.74) is 0. The number of methoxy groups -OCH3 is 1. The molecule has 4 nitrogen and oxygen atoms in total. The molecule has 4 heteroatoms. The molecule has 0 atom stereocenters. The second-order valence-corrected chi connectivity index (χ2v) is 6.30. The minimum atomic E-state index is 0.209. The molecule has 0 unspecified atom stereocenters. The van der Waals surface area contributed by atoms with Gasteiger partial charge in [0.1, 0.15) is 17.6 Å². The molecule has 3 rings (SSSR count). The number of benzene rings is 1. The highest BCUT2D eigenvalue weighted by molar-refractivity contribution is 5.79. The highest BCUT2D eigenvalue weighted by Crippen LogP contribution is 2.28. The van der Waals surface area contributed by atoms with Crippen LogP contribution >= 0.6 is 0 Å². The van der Waals surface area contributed by atoms with Crippen LogP contribution in [0, 0.1) is 5.92 Å². The van der Waals surface area contributed by atoms with Crippen molar-refractivity contribution >= 4 is 5.91 Å². The maximum Gasteiger partial charge on any atom is 0.225 e. The van der Waals surface area contributed by atoms with E-state index in [0.717, 1.165) is 50.3 Å². The molecule has 1 saturated carbocycles. The first-order chi connectivity index (χ1) is 10.8. The molecule has 0 spiro atoms. The van der Waals surface area contributed by atoms with Gasteiger partial charge in [0.2, 0.25) is 5.91 Å². The van der Waals surface area contributed by atoms with Gasteiger partial charge in [-0.1, -0.05) is 12.8 Å². The Bertz CT molecular complexity index is 486. The van der Waals surface area contributed by atoms with Gasteiger partial charge < -0.3 is 14.4 Å². The number of ether oxygens (including phenoxy) is 2. The van der Waals surface area contributed by atoms with Crippen molar-refractivity contribution in [3.63, 3.8) is 0 Å². The fourth-order valence-corrected chi connectivity index (χ4v) is 3.47. The molecule has 1 aromatic rings. The summed E-state index contributed by atoms with van der Waals surface area (Å²) in [5, 5.41) is 0. The van der Waals surface area contributed by atoms with E-state index in [9.17, 15) is 4.79 Å². The van der Waals surface area contributed by atoms with E-state index in [1.54, 1.807) is 7.11 Å². The van der Waals surface area contributed by atoms with Gasteiger partial charge in [-0.25, -0.2) is 0 Å². The molecule has 2 fully saturated rings. The molecule has 1 amide bonds. The molecule has 22 heavy (non-hydrogen) atoms. The zero-order valence-electron chi connectivity index (χ0n) is 13.3. The van der Waals surface area contributed by atoms with Crippen LogP contribution in [-0.4, -0.2) is 37.1 Å². The summed E-state index contributed by atoms with van der Waals surface area (Å²) in [7, 11) is 1.66. The molecule has 1 aromatic carbocycles. The predicted molar refractivity (Wildman–Crippen MR) is 85.2 cm³/mol. The number of amides is 1. The van der Waals surface area contributed by atoms with Crippen molar-refractivity contribution in [2.24, 2.45) is 5.92 Å². The first-order valence-electron chi connectivity index (χ1n) is 8.36. The van der Waals surface area contributed by atoms with Crippen LogP contribution in [0.25, 0.3) is 0 Å². The number of hydrogen-bond donors (Lipinski definition) is 0. The van der Waals surface area contributed by atoms with Gasteiger partial charge in [-0.3, -0.25) is 4.79 Å². The van der Waals surface area contributed by atoms with Crippen LogP contribution in [0.5, 0.6) is 11.5 Å². The second kappa shape index (κ2) is 7.03. The van der Waals surface area contributed by atoms with E-state index >= 15 is 0 Å². The average Bonchev–Trinajstić information content (AvgIpc) is 3.10. The molecule has 1 aliphatic carbocycles. The third-order valence-electron chi connectivity index (χ3n) is 4.82. The summed E-state index contributed by atoms with van der Waals surface area (Å²) < 4.78 is 11.2. The Hall–Kier alpha value is -1.71. The second-order valence-electron chi connectivity index (χ2n) is 6.30. The monoisotopic (exact) mass is 303 g/mol. The largest absolute Gasteiger partial charge is 0.497 e. The van der Waals surface area contributed by atoms with Gasteiger partial charge in [0, 0.05) is 31.8 Å². The Morgan fingerprint density at radius 3 is 2.18 bits per heavy atom. The summed E-state index contributed by atoms with van der Waals surface area (Å²) in [5.74, 6) is 2.38. The summed E-state index contributed by atoms with van der Waals surface area (Å²) in [4.78, 5) is 14.5. The highest BCUT2D eigenvalue weighted by Gasteiger charge is 2.30. The number of hydrogen-bond acceptors (Lipinski definition) is 3. The average molecular weight is 303 g/mol. The Morgan fingerprint density at radius 2 is 1.59 bits per heavy atom. The molecular formula is C18H25NO3. The quantitative estimate of drug-likeness (QED) is 0.857. The summed E-state index contributed by atoms with van der Waals surface area (Å²) >= 11 is 0. The molecule has 0 N–H and O–H groups in total. The number of rotatable bonds is 4. The number of carbonyl (C=O) groups excluding carboxylic acids is 1. The molecule has 0 bridgehead atoms. The number of piperidine rings is 1. The standard InChI is InChI=1S/C18H25NO3/c1-21-15-6-8-16(9-7-15)22-17-10-12-19(13-11-17)18(20)14-4-2-3-5-14/h6-9,14,17H,2-5,10-13H2,1H3. The fraction of sp³-hybridized carbons (Fsp3) is 0.611. The Morgan fingerprint density at radius 1 is 1.00 bits per heavy atom. The van der Waals surface area contributed by atoms with Crippen LogP contribution in [0.4, 0.5) is 0 Å². The molecule has 1 heterocycles. The molecular weight excluding hydrogens is 278 g/mol. The lowest BCUT2D eigenvalue weighted by Gasteiger charge is -2.33. The lowest BCUT2D eigenvalue weighted by atomic mass is 10.0. The smallest absolute Gasteiger partial charge is 0.225 e. The highest BCUT2D eigenvalue weighted by atomic mass is 16.5. The first-order valence-corrected chi connectivity index (χ1v) is 8.36. The van der Waals surface area contributed by atoms with Crippen molar-refractivity contribution in [2.75, 3.05) is 20.2 Å². The van der Waals surface area contributed by atoms with Crippen LogP contribution in [0.1, 0.15) is 38.5 Å². The van der Waals surface area contributed by atoms with E-state index in [4.69, 9.17) is 9.47 Å². The minimum absolute atomic E-state index is 0.209. The van der Waals surface area contributed by atoms with Crippen molar-refractivity contribution in [3.05, 3.63) is 24.3 Å². The summed E-state index contributed by atoms with van der Waals surface area (Å²) in [6.07, 6.45) is 6.65. The van der Waals surface area contributed by atoms with Crippen LogP contribution in [0.15, 0.2) is 24.3 Å². The number of likely N-dealkylation sites (tertiary alicyclic amines) is 1. The maximum atomic E-state index is 12.4. The van der Waals surface area contributed by atoms with Crippen molar-refractivity contribution in [1.29, 1.82) is 0 Å². The van der Waals surface area contributed by atoms with E-state index in [0.29, 0.717) is 11.8 Å². The zero-order valence-corrected chi connectivity index (χ0v) is 13.3. The molecule has 2 aliphatic rings. The van der Waals surface area contributed by atoms with Gasteiger partial charge >= 0.3 is 0 Å². The van der Waals surface area contributed by atoms with Crippen molar-refractivity contribution in [2.45, 2.75) is 44.6 Å². The van der Waals surface area contributed by atoms with Crippen LogP contribution in [0.2, 0.25) is 0 Å². The van der Waals surface area contributed by atoms with Gasteiger partial charge in [0.15, 0.2) is 0 Å². The maximum absolute atomic E-state index is 12.4. The van der Waals surface area contributed by atoms with E-state index in [2.05, 4.69) is 0 Å². The minimum Gasteiger partial charge on any atom is -0.497 e. The molecule has 1 saturated heterocycles. The topological polar surface area (TPSA) is 38.8 Å². The Balaban J connectivity index is 1.47. The van der Waals surface area contributed by atoms with Gasteiger partial charge in [0.05, 0.1) is 7.11 Å². The van der Waals surface area contributed by atoms with E-state index in [1.807, 2.05) is 29.2 Å². The number of carbonyl (C=O) groups is 1. The predicted octanol–water partition coefficient (Wildman–Crippen LogP) is 3.26. The van der Waals surface area contributed by atoms with Crippen LogP contribution in [-0.2, 0) is 4.79 Å². The van der Waals surface area contributed by atoms with Gasteiger partial charge in [-0.2, -0.15) is 0 Å². The Kier molecular flexibility index (Phi) is 4.86. The fourth-order valence-electron chi connectivity index (χ4n) is 3.47. The van der Waals surface area contributed by atoms with Gasteiger partial charge in [-0.05, 0) is 37.1 Å². The van der Waals surface area contributed by atoms with E-state index in [1.165, 1.54) is 12.8 Å². The van der Waals surface area contributed by atoms with Gasteiger partial charge in [0.25, 0.3) is 0 Å². The SMILES string of the molecule is COc1ccc(OC2CCN(C(=O)C3CCCC3)CC2)cc1. The lowest BCUT2D eigenvalue weighted by Crippen LogP contribution is -2.43. The third-order valence-corrected chi connectivity index (χ3v) is 4.82. The van der Waals surface area contributed by atoms with Crippen LogP contribution in [0.3, 0.4) is 0 Å². The van der Waals surface area contributed by atoms with E-state index in [-0.39, 0.29) is 6.10 Å². The zero-order chi connectivity index (χ0) is 15.4. The van der Waals surface area contributed by atoms with Gasteiger partial charge in [-0.15, -0.1) is 0 Å². The van der Waals surface area contributed by atoms with Crippen LogP contribution < -0.4 is 9.47 Å². The molecule has 120 valence electrons. The summed E-state index contributed by atoms with van der Waals surface area (Å²) in [6.45, 7) is 1.66. The van der Waals surface area contributed by atoms with Crippen molar-refractivity contribution in [1.82, 2.24) is 4.90 Å². The van der Waals surface area contributed by atoms with E-state index < -0.39 is 0 Å². The Labute approximate surface area is 132 Å². The van der Waals surface area contributed by atoms with Crippen molar-refractivity contribution < 1.29 is 14.3 Å². The summed E-state index contributed by atoms with van der Waals surface area (Å²) in [6, 6.07) is 7.70. The lowest BCUT2D eigenvalue weighted by molar-refractivity contribution is -0.137. The van der Waals surface area contributed by atoms with Crippen molar-refractivity contribution in [3.8, 4) is 11.5 Å². The molecule has 0 aromatic heterocycles. The first kappa shape index (κ1) is 15.2. The third kappa shape index (κ3) is 3.54.